The van der Waals surface area contributed by atoms with Gasteiger partial charge in [0.15, 0.2) is 15.9 Å². The number of halogens is 3. The van der Waals surface area contributed by atoms with Crippen molar-refractivity contribution in [2.45, 2.75) is 42.9 Å². The molecule has 1 aromatic carbocycles. The van der Waals surface area contributed by atoms with E-state index in [2.05, 4.69) is 10.2 Å². The fourth-order valence-corrected chi connectivity index (χ4v) is 4.55. The van der Waals surface area contributed by atoms with E-state index in [9.17, 15) is 26.4 Å². The molecule has 0 spiro atoms. The van der Waals surface area contributed by atoms with Crippen molar-refractivity contribution in [1.29, 1.82) is 0 Å². The fourth-order valence-electron chi connectivity index (χ4n) is 3.90. The Morgan fingerprint density at radius 2 is 2.06 bits per heavy atom. The van der Waals surface area contributed by atoms with Crippen LogP contribution in [0.25, 0.3) is 0 Å². The number of sulfone groups is 1. The first-order valence-electron chi connectivity index (χ1n) is 9.48. The van der Waals surface area contributed by atoms with Crippen LogP contribution in [-0.4, -0.2) is 61.0 Å². The van der Waals surface area contributed by atoms with Gasteiger partial charge in [-0.25, -0.2) is 8.42 Å². The molecule has 1 saturated carbocycles. The van der Waals surface area contributed by atoms with E-state index < -0.39 is 33.4 Å². The third-order valence-corrected chi connectivity index (χ3v) is 6.87. The van der Waals surface area contributed by atoms with Gasteiger partial charge in [0.2, 0.25) is 11.8 Å². The van der Waals surface area contributed by atoms with Crippen molar-refractivity contribution in [3.63, 3.8) is 0 Å². The van der Waals surface area contributed by atoms with Gasteiger partial charge in [0.05, 0.1) is 15.9 Å². The van der Waals surface area contributed by atoms with Crippen LogP contribution < -0.4 is 4.74 Å². The lowest BCUT2D eigenvalue weighted by molar-refractivity contribution is -0.189. The lowest BCUT2D eigenvalue weighted by Gasteiger charge is -2.24. The van der Waals surface area contributed by atoms with Crippen molar-refractivity contribution in [3.05, 3.63) is 35.5 Å². The molecule has 2 heterocycles. The molecular weight excluding hydrogens is 439 g/mol. The number of carbonyl (C=O) groups excluding carboxylic acids is 1. The second-order valence-electron chi connectivity index (χ2n) is 8.10. The summed E-state index contributed by atoms with van der Waals surface area (Å²) in [5, 5.41) is 7.88. The number of ether oxygens (including phenoxy) is 1. The molecule has 8 nitrogen and oxygen atoms in total. The van der Waals surface area contributed by atoms with Crippen LogP contribution in [0.5, 0.6) is 5.75 Å². The van der Waals surface area contributed by atoms with Crippen LogP contribution in [0, 0.1) is 12.8 Å². The molecule has 0 radical (unpaired) electrons. The van der Waals surface area contributed by atoms with Gasteiger partial charge in [0, 0.05) is 26.3 Å². The molecule has 1 amide bonds. The second-order valence-corrected chi connectivity index (χ2v) is 10.1. The Morgan fingerprint density at radius 3 is 2.65 bits per heavy atom. The number of benzene rings is 1. The summed E-state index contributed by atoms with van der Waals surface area (Å²) in [4.78, 5) is 14.5. The number of rotatable bonds is 5. The van der Waals surface area contributed by atoms with E-state index in [0.29, 0.717) is 18.3 Å². The van der Waals surface area contributed by atoms with Crippen LogP contribution in [0.4, 0.5) is 13.2 Å². The van der Waals surface area contributed by atoms with Gasteiger partial charge in [-0.2, -0.15) is 13.2 Å². The third kappa shape index (κ3) is 3.88. The Balaban J connectivity index is 1.65. The van der Waals surface area contributed by atoms with Crippen molar-refractivity contribution in [3.8, 4) is 5.75 Å². The maximum absolute atomic E-state index is 13.2. The van der Waals surface area contributed by atoms with Gasteiger partial charge in [0.1, 0.15) is 5.75 Å². The van der Waals surface area contributed by atoms with Gasteiger partial charge in [-0.1, -0.05) is 0 Å². The van der Waals surface area contributed by atoms with Crippen LogP contribution in [0.1, 0.15) is 35.5 Å². The minimum atomic E-state index is -4.65. The maximum Gasteiger partial charge on any atom is 0.425 e. The van der Waals surface area contributed by atoms with Gasteiger partial charge in [0.25, 0.3) is 5.91 Å². The van der Waals surface area contributed by atoms with Crippen molar-refractivity contribution in [1.82, 2.24) is 15.1 Å². The first kappa shape index (κ1) is 21.6. The molecule has 168 valence electrons. The van der Waals surface area contributed by atoms with Crippen molar-refractivity contribution < 1.29 is 35.5 Å². The SMILES string of the molecule is Cc1nnc([C@]23CC2CN(C(=O)c2cc(S(C)(=O)=O)ccc2O[C@H](C)C(F)(F)F)C3)o1. The normalized spacial score (nSPS) is 24.1. The van der Waals surface area contributed by atoms with E-state index in [1.807, 2.05) is 0 Å². The van der Waals surface area contributed by atoms with Crippen LogP contribution in [0.2, 0.25) is 0 Å². The first-order chi connectivity index (χ1) is 14.3. The van der Waals surface area contributed by atoms with Crippen molar-refractivity contribution in [2.24, 2.45) is 5.92 Å². The molecule has 2 aromatic rings. The molecule has 31 heavy (non-hydrogen) atoms. The van der Waals surface area contributed by atoms with E-state index in [4.69, 9.17) is 9.15 Å². The number of hydrogen-bond donors (Lipinski definition) is 0. The Labute approximate surface area is 176 Å². The Kier molecular flexibility index (Phi) is 4.83. The largest absolute Gasteiger partial charge is 0.480 e. The number of fused-ring (bicyclic) bond motifs is 1. The van der Waals surface area contributed by atoms with Gasteiger partial charge >= 0.3 is 6.18 Å². The van der Waals surface area contributed by atoms with E-state index in [0.717, 1.165) is 37.8 Å². The summed E-state index contributed by atoms with van der Waals surface area (Å²) >= 11 is 0. The molecule has 0 bridgehead atoms. The quantitative estimate of drug-likeness (QED) is 0.677. The minimum Gasteiger partial charge on any atom is -0.480 e. The van der Waals surface area contributed by atoms with Gasteiger partial charge in [-0.3, -0.25) is 4.79 Å². The molecule has 1 aliphatic carbocycles. The summed E-state index contributed by atoms with van der Waals surface area (Å²) < 4.78 is 73.4. The molecule has 1 aromatic heterocycles. The molecule has 1 aliphatic heterocycles. The molecule has 0 N–H and O–H groups in total. The lowest BCUT2D eigenvalue weighted by atomic mass is 10.1. The Bertz CT molecular complexity index is 1150. The van der Waals surface area contributed by atoms with Gasteiger partial charge in [-0.05, 0) is 37.5 Å². The van der Waals surface area contributed by atoms with E-state index in [-0.39, 0.29) is 28.7 Å². The summed E-state index contributed by atoms with van der Waals surface area (Å²) in [6.07, 6.45) is -5.11. The van der Waals surface area contributed by atoms with E-state index >= 15 is 0 Å². The van der Waals surface area contributed by atoms with Crippen LogP contribution >= 0.6 is 0 Å². The average Bonchev–Trinajstić information content (AvgIpc) is 2.99. The fraction of sp³-hybridized carbons (Fsp3) is 0.526. The maximum atomic E-state index is 13.2. The van der Waals surface area contributed by atoms with E-state index in [1.54, 1.807) is 6.92 Å². The topological polar surface area (TPSA) is 103 Å². The zero-order chi connectivity index (χ0) is 22.8. The molecule has 2 fully saturated rings. The predicted molar refractivity (Wildman–Crippen MR) is 100 cm³/mol. The number of hydrogen-bond acceptors (Lipinski definition) is 7. The lowest BCUT2D eigenvalue weighted by Crippen LogP contribution is -2.35. The number of aromatic nitrogens is 2. The molecule has 4 rings (SSSR count). The predicted octanol–water partition coefficient (Wildman–Crippen LogP) is 2.52. The third-order valence-electron chi connectivity index (χ3n) is 5.76. The first-order valence-corrected chi connectivity index (χ1v) is 11.4. The van der Waals surface area contributed by atoms with Crippen LogP contribution in [0.3, 0.4) is 0 Å². The molecule has 1 unspecified atom stereocenters. The summed E-state index contributed by atoms with van der Waals surface area (Å²) in [6.45, 7) is 3.06. The molecule has 1 saturated heterocycles. The van der Waals surface area contributed by atoms with E-state index in [1.165, 1.54) is 4.90 Å². The highest BCUT2D eigenvalue weighted by Crippen LogP contribution is 2.58. The zero-order valence-electron chi connectivity index (χ0n) is 16.9. The van der Waals surface area contributed by atoms with Crippen molar-refractivity contribution >= 4 is 15.7 Å². The molecule has 2 aliphatic rings. The number of aryl methyl sites for hydroxylation is 1. The summed E-state index contributed by atoms with van der Waals surface area (Å²) in [5.74, 6) is -0.0224. The Morgan fingerprint density at radius 1 is 1.35 bits per heavy atom. The molecule has 12 heteroatoms. The molecular formula is C19H20F3N3O5S. The van der Waals surface area contributed by atoms with Crippen LogP contribution in [-0.2, 0) is 15.3 Å². The summed E-state index contributed by atoms with van der Waals surface area (Å²) in [6, 6.07) is 3.26. The average molecular weight is 459 g/mol. The number of nitrogens with zero attached hydrogens (tertiary/aromatic N) is 3. The van der Waals surface area contributed by atoms with Crippen molar-refractivity contribution in [2.75, 3.05) is 19.3 Å². The number of piperidine rings is 1. The van der Waals surface area contributed by atoms with Gasteiger partial charge < -0.3 is 14.1 Å². The number of carbonyl (C=O) groups is 1. The zero-order valence-corrected chi connectivity index (χ0v) is 17.7. The van der Waals surface area contributed by atoms with Gasteiger partial charge in [-0.15, -0.1) is 10.2 Å². The standard InChI is InChI=1S/C19H20F3N3O5S/c1-10(19(20,21)22)29-15-5-4-13(31(3,27)28)6-14(15)16(26)25-8-12-7-18(12,9-25)17-24-23-11(2)30-17/h4-6,10,12H,7-9H2,1-3H3/t10-,12?,18+/m1/s1. The minimum absolute atomic E-state index is 0.0906. The highest BCUT2D eigenvalue weighted by Gasteiger charge is 2.65. The Hall–Kier alpha value is -2.63. The highest BCUT2D eigenvalue weighted by molar-refractivity contribution is 7.90. The number of amides is 1. The molecule has 3 atom stereocenters. The second kappa shape index (κ2) is 6.94. The smallest absolute Gasteiger partial charge is 0.425 e. The number of likely N-dealkylation sites (tertiary alicyclic amines) is 1. The summed E-state index contributed by atoms with van der Waals surface area (Å²) in [5.41, 5.74) is -0.705. The monoisotopic (exact) mass is 459 g/mol. The highest BCUT2D eigenvalue weighted by atomic mass is 32.2. The summed E-state index contributed by atoms with van der Waals surface area (Å²) in [7, 11) is -3.69. The number of alkyl halides is 3. The van der Waals surface area contributed by atoms with Crippen LogP contribution in [0.15, 0.2) is 27.5 Å².